The fourth-order valence-electron chi connectivity index (χ4n) is 2.48. The van der Waals surface area contributed by atoms with Gasteiger partial charge in [-0.1, -0.05) is 0 Å². The molecule has 1 aromatic rings. The number of aromatic nitrogens is 2. The molecule has 0 atom stereocenters. The monoisotopic (exact) mass is 272 g/mol. The van der Waals surface area contributed by atoms with Crippen molar-refractivity contribution in [3.05, 3.63) is 18.7 Å². The first-order valence-corrected chi connectivity index (χ1v) is 6.79. The van der Waals surface area contributed by atoms with E-state index in [2.05, 4.69) is 4.98 Å². The number of imidazole rings is 1. The van der Waals surface area contributed by atoms with Crippen molar-refractivity contribution >= 4 is 16.3 Å². The summed E-state index contributed by atoms with van der Waals surface area (Å²) < 4.78 is 26.5. The first-order chi connectivity index (χ1) is 8.43. The second-order valence-electron chi connectivity index (χ2n) is 4.81. The molecule has 1 aromatic heterocycles. The van der Waals surface area contributed by atoms with E-state index in [9.17, 15) is 13.2 Å². The van der Waals surface area contributed by atoms with E-state index in [4.69, 9.17) is 5.11 Å². The van der Waals surface area contributed by atoms with E-state index < -0.39 is 16.3 Å². The molecular weight excluding hydrogens is 260 g/mol. The van der Waals surface area contributed by atoms with Crippen LogP contribution in [0.2, 0.25) is 0 Å². The lowest BCUT2D eigenvalue weighted by Crippen LogP contribution is -2.73. The van der Waals surface area contributed by atoms with Crippen molar-refractivity contribution in [2.45, 2.75) is 0 Å². The largest absolute Gasteiger partial charge is 0.465 e. The summed E-state index contributed by atoms with van der Waals surface area (Å²) in [6, 6.07) is 0. The summed E-state index contributed by atoms with van der Waals surface area (Å²) in [5.41, 5.74) is -0.175. The lowest BCUT2D eigenvalue weighted by Gasteiger charge is -2.58. The Labute approximate surface area is 104 Å². The Bertz CT molecular complexity index is 568. The van der Waals surface area contributed by atoms with Gasteiger partial charge in [0, 0.05) is 44.0 Å². The summed E-state index contributed by atoms with van der Waals surface area (Å²) in [5, 5.41) is 8.74. The fourth-order valence-corrected chi connectivity index (χ4v) is 4.00. The number of carbonyl (C=O) groups is 1. The molecule has 2 aliphatic rings. The molecule has 0 saturated carbocycles. The van der Waals surface area contributed by atoms with Crippen LogP contribution in [0, 0.1) is 5.41 Å². The van der Waals surface area contributed by atoms with E-state index in [1.807, 2.05) is 0 Å². The maximum absolute atomic E-state index is 12.0. The summed E-state index contributed by atoms with van der Waals surface area (Å²) in [6.45, 7) is 1.57. The molecule has 1 spiro atoms. The van der Waals surface area contributed by atoms with Crippen molar-refractivity contribution < 1.29 is 18.3 Å². The van der Waals surface area contributed by atoms with Crippen molar-refractivity contribution in [2.75, 3.05) is 26.2 Å². The van der Waals surface area contributed by atoms with Crippen LogP contribution < -0.4 is 0 Å². The summed E-state index contributed by atoms with van der Waals surface area (Å²) in [6.07, 6.45) is 3.08. The van der Waals surface area contributed by atoms with Crippen molar-refractivity contribution in [2.24, 2.45) is 5.41 Å². The van der Waals surface area contributed by atoms with Gasteiger partial charge in [-0.05, 0) is 0 Å². The summed E-state index contributed by atoms with van der Waals surface area (Å²) in [7, 11) is -3.52. The van der Waals surface area contributed by atoms with Crippen LogP contribution in [0.1, 0.15) is 0 Å². The van der Waals surface area contributed by atoms with Gasteiger partial charge in [0.1, 0.15) is 6.33 Å². The first-order valence-electron chi connectivity index (χ1n) is 5.40. The van der Waals surface area contributed by atoms with Gasteiger partial charge in [-0.15, -0.1) is 0 Å². The molecule has 1 N–H and O–H groups in total. The van der Waals surface area contributed by atoms with E-state index in [1.165, 1.54) is 27.9 Å². The van der Waals surface area contributed by atoms with Gasteiger partial charge < -0.3 is 10.0 Å². The Balaban J connectivity index is 1.65. The summed E-state index contributed by atoms with van der Waals surface area (Å²) >= 11 is 0. The van der Waals surface area contributed by atoms with Crippen LogP contribution in [0.3, 0.4) is 0 Å². The van der Waals surface area contributed by atoms with E-state index in [0.29, 0.717) is 26.2 Å². The maximum Gasteiger partial charge on any atom is 0.407 e. The smallest absolute Gasteiger partial charge is 0.407 e. The molecular formula is C9H12N4O4S. The number of carboxylic acid groups (broad SMARTS) is 1. The zero-order valence-electron chi connectivity index (χ0n) is 9.43. The lowest BCUT2D eigenvalue weighted by molar-refractivity contribution is -0.0667. The minimum Gasteiger partial charge on any atom is -0.465 e. The zero-order chi connectivity index (χ0) is 13.0. The van der Waals surface area contributed by atoms with E-state index in [0.717, 1.165) is 3.97 Å². The van der Waals surface area contributed by atoms with Gasteiger partial charge in [0.25, 0.3) is 0 Å². The number of hydrogen-bond donors (Lipinski definition) is 1. The molecule has 0 aliphatic carbocycles. The number of hydrogen-bond acceptors (Lipinski definition) is 4. The second-order valence-corrected chi connectivity index (χ2v) is 6.64. The molecule has 0 aromatic carbocycles. The Morgan fingerprint density at radius 3 is 2.44 bits per heavy atom. The molecule has 9 heteroatoms. The zero-order valence-corrected chi connectivity index (χ0v) is 10.2. The average Bonchev–Trinajstić information content (AvgIpc) is 2.64. The molecule has 1 amide bonds. The number of likely N-dealkylation sites (tertiary alicyclic amines) is 1. The predicted molar refractivity (Wildman–Crippen MR) is 60.1 cm³/mol. The highest BCUT2D eigenvalue weighted by Crippen LogP contribution is 2.41. The number of amides is 1. The van der Waals surface area contributed by atoms with Gasteiger partial charge in [0.05, 0.1) is 0 Å². The fraction of sp³-hybridized carbons (Fsp3) is 0.556. The second kappa shape index (κ2) is 3.45. The van der Waals surface area contributed by atoms with Crippen LogP contribution in [0.25, 0.3) is 0 Å². The van der Waals surface area contributed by atoms with Crippen LogP contribution in [-0.4, -0.2) is 64.0 Å². The van der Waals surface area contributed by atoms with Gasteiger partial charge in [0.15, 0.2) is 0 Å². The standard InChI is InChI=1S/C9H12N4O4S/c14-8(15)11-3-9(4-11)5-13(6-9)18(16,17)12-2-1-10-7-12/h1-2,7H,3-6H2,(H,14,15). The van der Waals surface area contributed by atoms with Crippen LogP contribution in [0.15, 0.2) is 18.7 Å². The molecule has 2 saturated heterocycles. The predicted octanol–water partition coefficient (Wildman–Crippen LogP) is -0.728. The van der Waals surface area contributed by atoms with Crippen molar-refractivity contribution in [1.29, 1.82) is 0 Å². The third-order valence-electron chi connectivity index (χ3n) is 3.42. The Morgan fingerprint density at radius 1 is 1.28 bits per heavy atom. The van der Waals surface area contributed by atoms with Crippen molar-refractivity contribution in [3.63, 3.8) is 0 Å². The van der Waals surface area contributed by atoms with Crippen LogP contribution in [0.5, 0.6) is 0 Å². The molecule has 0 unspecified atom stereocenters. The molecule has 18 heavy (non-hydrogen) atoms. The highest BCUT2D eigenvalue weighted by atomic mass is 32.2. The van der Waals surface area contributed by atoms with Crippen LogP contribution >= 0.6 is 0 Å². The Kier molecular flexibility index (Phi) is 2.20. The molecule has 3 heterocycles. The first kappa shape index (κ1) is 11.5. The van der Waals surface area contributed by atoms with E-state index in [1.54, 1.807) is 0 Å². The van der Waals surface area contributed by atoms with Gasteiger partial charge >= 0.3 is 16.3 Å². The van der Waals surface area contributed by atoms with Crippen LogP contribution in [0.4, 0.5) is 4.79 Å². The lowest BCUT2D eigenvalue weighted by atomic mass is 9.75. The highest BCUT2D eigenvalue weighted by molar-refractivity contribution is 7.87. The normalized spacial score (nSPS) is 22.6. The molecule has 0 radical (unpaired) electrons. The molecule has 3 rings (SSSR count). The van der Waals surface area contributed by atoms with E-state index in [-0.39, 0.29) is 5.41 Å². The minimum absolute atomic E-state index is 0.175. The molecule has 8 nitrogen and oxygen atoms in total. The highest BCUT2D eigenvalue weighted by Gasteiger charge is 2.56. The average molecular weight is 272 g/mol. The van der Waals surface area contributed by atoms with Gasteiger partial charge in [-0.2, -0.15) is 12.7 Å². The molecule has 2 aliphatic heterocycles. The third-order valence-corrected chi connectivity index (χ3v) is 5.08. The molecule has 2 fully saturated rings. The topological polar surface area (TPSA) is 95.7 Å². The third kappa shape index (κ3) is 1.51. The van der Waals surface area contributed by atoms with Crippen LogP contribution in [-0.2, 0) is 10.2 Å². The SMILES string of the molecule is O=C(O)N1CC2(C1)CN(S(=O)(=O)n1ccnc1)C2. The van der Waals surface area contributed by atoms with Gasteiger partial charge in [0.2, 0.25) is 0 Å². The van der Waals surface area contributed by atoms with Gasteiger partial charge in [-0.25, -0.2) is 13.8 Å². The van der Waals surface area contributed by atoms with E-state index >= 15 is 0 Å². The number of rotatable bonds is 2. The van der Waals surface area contributed by atoms with Gasteiger partial charge in [-0.3, -0.25) is 0 Å². The van der Waals surface area contributed by atoms with Crippen molar-refractivity contribution in [1.82, 2.24) is 18.2 Å². The quantitative estimate of drug-likeness (QED) is 0.766. The molecule has 0 bridgehead atoms. The maximum atomic E-state index is 12.0. The van der Waals surface area contributed by atoms with Crippen molar-refractivity contribution in [3.8, 4) is 0 Å². The summed E-state index contributed by atoms with van der Waals surface area (Å²) in [5.74, 6) is 0. The Morgan fingerprint density at radius 2 is 1.94 bits per heavy atom. The minimum atomic E-state index is -3.52. The summed E-state index contributed by atoms with van der Waals surface area (Å²) in [4.78, 5) is 15.7. The number of nitrogens with zero attached hydrogens (tertiary/aromatic N) is 4. The molecule has 98 valence electrons. The Hall–Kier alpha value is -1.61.